The van der Waals surface area contributed by atoms with E-state index in [0.717, 1.165) is 24.8 Å². The summed E-state index contributed by atoms with van der Waals surface area (Å²) in [5.74, 6) is -0.248. The zero-order chi connectivity index (χ0) is 13.0. The number of benzene rings is 1. The van der Waals surface area contributed by atoms with Crippen molar-refractivity contribution in [3.8, 4) is 0 Å². The summed E-state index contributed by atoms with van der Waals surface area (Å²) in [5, 5.41) is 3.36. The average molecular weight is 248 g/mol. The molecule has 1 saturated carbocycles. The van der Waals surface area contributed by atoms with Gasteiger partial charge in [0.15, 0.2) is 0 Å². The van der Waals surface area contributed by atoms with Gasteiger partial charge < -0.3 is 10.5 Å². The number of rotatable bonds is 4. The summed E-state index contributed by atoms with van der Waals surface area (Å²) in [6, 6.07) is 9.80. The topological polar surface area (TPSA) is 64.3 Å². The molecule has 0 radical (unpaired) electrons. The fourth-order valence-corrected chi connectivity index (χ4v) is 2.47. The molecule has 0 bridgehead atoms. The first-order valence-electron chi connectivity index (χ1n) is 6.35. The minimum absolute atomic E-state index is 0.247. The SMILES string of the molecule is COC(=O)C(NC1CCC(N)C1)c1ccccc1. The van der Waals surface area contributed by atoms with Crippen LogP contribution in [0.4, 0.5) is 0 Å². The zero-order valence-electron chi connectivity index (χ0n) is 10.6. The molecule has 0 aromatic heterocycles. The van der Waals surface area contributed by atoms with Crippen LogP contribution in [0.1, 0.15) is 30.9 Å². The molecule has 0 amide bonds. The van der Waals surface area contributed by atoms with Crippen molar-refractivity contribution < 1.29 is 9.53 Å². The van der Waals surface area contributed by atoms with Crippen molar-refractivity contribution >= 4 is 5.97 Å². The van der Waals surface area contributed by atoms with Crippen LogP contribution in [0.3, 0.4) is 0 Å². The van der Waals surface area contributed by atoms with E-state index in [1.54, 1.807) is 0 Å². The van der Waals surface area contributed by atoms with Gasteiger partial charge in [0.2, 0.25) is 0 Å². The van der Waals surface area contributed by atoms with Gasteiger partial charge in [-0.15, -0.1) is 0 Å². The minimum atomic E-state index is -0.397. The van der Waals surface area contributed by atoms with Gasteiger partial charge in [-0.2, -0.15) is 0 Å². The number of carbonyl (C=O) groups is 1. The van der Waals surface area contributed by atoms with E-state index in [-0.39, 0.29) is 12.0 Å². The monoisotopic (exact) mass is 248 g/mol. The molecule has 0 heterocycles. The predicted molar refractivity (Wildman–Crippen MR) is 69.9 cm³/mol. The Hall–Kier alpha value is -1.39. The Balaban J connectivity index is 2.09. The molecule has 1 aliphatic carbocycles. The highest BCUT2D eigenvalue weighted by Crippen LogP contribution is 2.22. The van der Waals surface area contributed by atoms with Crippen LogP contribution >= 0.6 is 0 Å². The maximum absolute atomic E-state index is 11.9. The van der Waals surface area contributed by atoms with Crippen LogP contribution in [0, 0.1) is 0 Å². The Morgan fingerprint density at radius 3 is 2.67 bits per heavy atom. The first-order chi connectivity index (χ1) is 8.70. The molecule has 98 valence electrons. The molecule has 2 rings (SSSR count). The summed E-state index contributed by atoms with van der Waals surface area (Å²) in [7, 11) is 1.42. The second-order valence-corrected chi connectivity index (χ2v) is 4.80. The van der Waals surface area contributed by atoms with E-state index in [2.05, 4.69) is 5.32 Å². The highest BCUT2D eigenvalue weighted by molar-refractivity contribution is 5.77. The molecule has 1 fully saturated rings. The van der Waals surface area contributed by atoms with Gasteiger partial charge in [-0.1, -0.05) is 30.3 Å². The van der Waals surface area contributed by atoms with Crippen molar-refractivity contribution in [3.63, 3.8) is 0 Å². The van der Waals surface area contributed by atoms with Gasteiger partial charge in [0.05, 0.1) is 7.11 Å². The zero-order valence-corrected chi connectivity index (χ0v) is 10.6. The Labute approximate surface area is 108 Å². The molecule has 0 aliphatic heterocycles. The van der Waals surface area contributed by atoms with Gasteiger partial charge in [-0.05, 0) is 24.8 Å². The summed E-state index contributed by atoms with van der Waals surface area (Å²) in [5.41, 5.74) is 6.83. The second kappa shape index (κ2) is 5.98. The molecule has 0 saturated heterocycles. The summed E-state index contributed by atoms with van der Waals surface area (Å²) < 4.78 is 4.87. The molecular weight excluding hydrogens is 228 g/mol. The van der Waals surface area contributed by atoms with Crippen molar-refractivity contribution in [3.05, 3.63) is 35.9 Å². The van der Waals surface area contributed by atoms with Crippen LogP contribution in [-0.2, 0) is 9.53 Å². The molecule has 0 spiro atoms. The molecular formula is C14H20N2O2. The van der Waals surface area contributed by atoms with Gasteiger partial charge in [0.25, 0.3) is 0 Å². The molecule has 1 aliphatic rings. The molecule has 1 aromatic carbocycles. The van der Waals surface area contributed by atoms with Gasteiger partial charge in [-0.25, -0.2) is 4.79 Å². The van der Waals surface area contributed by atoms with Crippen LogP contribution in [0.15, 0.2) is 30.3 Å². The van der Waals surface area contributed by atoms with Gasteiger partial charge >= 0.3 is 5.97 Å². The van der Waals surface area contributed by atoms with Gasteiger partial charge in [0, 0.05) is 12.1 Å². The van der Waals surface area contributed by atoms with Crippen molar-refractivity contribution in [2.45, 2.75) is 37.4 Å². The second-order valence-electron chi connectivity index (χ2n) is 4.80. The van der Waals surface area contributed by atoms with Crippen LogP contribution in [0.2, 0.25) is 0 Å². The highest BCUT2D eigenvalue weighted by atomic mass is 16.5. The summed E-state index contributed by atoms with van der Waals surface area (Å²) in [6.07, 6.45) is 2.95. The van der Waals surface area contributed by atoms with E-state index in [9.17, 15) is 4.79 Å². The smallest absolute Gasteiger partial charge is 0.327 e. The van der Waals surface area contributed by atoms with Crippen molar-refractivity contribution in [1.29, 1.82) is 0 Å². The lowest BCUT2D eigenvalue weighted by molar-refractivity contribution is -0.143. The summed E-state index contributed by atoms with van der Waals surface area (Å²) in [6.45, 7) is 0. The Bertz CT molecular complexity index is 394. The predicted octanol–water partition coefficient (Wildman–Crippen LogP) is 1.37. The fourth-order valence-electron chi connectivity index (χ4n) is 2.47. The Morgan fingerprint density at radius 2 is 2.11 bits per heavy atom. The molecule has 18 heavy (non-hydrogen) atoms. The molecule has 3 unspecified atom stereocenters. The average Bonchev–Trinajstić information content (AvgIpc) is 2.82. The first-order valence-corrected chi connectivity index (χ1v) is 6.35. The number of hydrogen-bond donors (Lipinski definition) is 2. The van der Waals surface area contributed by atoms with Crippen LogP contribution in [0.25, 0.3) is 0 Å². The normalized spacial score (nSPS) is 24.8. The summed E-state index contributed by atoms with van der Waals surface area (Å²) in [4.78, 5) is 11.9. The van der Waals surface area contributed by atoms with Crippen molar-refractivity contribution in [1.82, 2.24) is 5.32 Å². The third kappa shape index (κ3) is 3.09. The van der Waals surface area contributed by atoms with E-state index in [1.807, 2.05) is 30.3 Å². The molecule has 4 heteroatoms. The maximum Gasteiger partial charge on any atom is 0.327 e. The van der Waals surface area contributed by atoms with Crippen LogP contribution < -0.4 is 11.1 Å². The van der Waals surface area contributed by atoms with Gasteiger partial charge in [0.1, 0.15) is 6.04 Å². The number of ether oxygens (including phenoxy) is 1. The number of esters is 1. The molecule has 3 atom stereocenters. The molecule has 4 nitrogen and oxygen atoms in total. The molecule has 1 aromatic rings. The Morgan fingerprint density at radius 1 is 1.39 bits per heavy atom. The quantitative estimate of drug-likeness (QED) is 0.790. The lowest BCUT2D eigenvalue weighted by atomic mass is 10.1. The number of nitrogens with two attached hydrogens (primary N) is 1. The van der Waals surface area contributed by atoms with E-state index in [0.29, 0.717) is 6.04 Å². The van der Waals surface area contributed by atoms with E-state index in [1.165, 1.54) is 7.11 Å². The minimum Gasteiger partial charge on any atom is -0.468 e. The van der Waals surface area contributed by atoms with Crippen LogP contribution in [0.5, 0.6) is 0 Å². The van der Waals surface area contributed by atoms with Crippen molar-refractivity contribution in [2.75, 3.05) is 7.11 Å². The van der Waals surface area contributed by atoms with E-state index < -0.39 is 6.04 Å². The van der Waals surface area contributed by atoms with Crippen molar-refractivity contribution in [2.24, 2.45) is 5.73 Å². The van der Waals surface area contributed by atoms with E-state index >= 15 is 0 Å². The third-order valence-electron chi connectivity index (χ3n) is 3.45. The number of methoxy groups -OCH3 is 1. The number of hydrogen-bond acceptors (Lipinski definition) is 4. The third-order valence-corrected chi connectivity index (χ3v) is 3.45. The number of carbonyl (C=O) groups excluding carboxylic acids is 1. The summed E-state index contributed by atoms with van der Waals surface area (Å²) >= 11 is 0. The largest absolute Gasteiger partial charge is 0.468 e. The maximum atomic E-state index is 11.9. The lowest BCUT2D eigenvalue weighted by Gasteiger charge is -2.21. The van der Waals surface area contributed by atoms with E-state index in [4.69, 9.17) is 10.5 Å². The number of nitrogens with one attached hydrogen (secondary N) is 1. The fraction of sp³-hybridized carbons (Fsp3) is 0.500. The molecule has 3 N–H and O–H groups in total. The van der Waals surface area contributed by atoms with Gasteiger partial charge in [-0.3, -0.25) is 5.32 Å². The van der Waals surface area contributed by atoms with Crippen LogP contribution in [-0.4, -0.2) is 25.2 Å². The first kappa shape index (κ1) is 13.1. The standard InChI is InChI=1S/C14H20N2O2/c1-18-14(17)13(10-5-3-2-4-6-10)16-12-8-7-11(15)9-12/h2-6,11-13,16H,7-9,15H2,1H3. The highest BCUT2D eigenvalue weighted by Gasteiger charge is 2.28. The lowest BCUT2D eigenvalue weighted by Crippen LogP contribution is -2.37. The Kier molecular flexibility index (Phi) is 4.33.